The lowest BCUT2D eigenvalue weighted by atomic mass is 10.1. The molecule has 6 nitrogen and oxygen atoms in total. The van der Waals surface area contributed by atoms with E-state index in [0.717, 1.165) is 44.8 Å². The molecule has 2 atom stereocenters. The molecular formula is C20H21F2N3O3. The summed E-state index contributed by atoms with van der Waals surface area (Å²) in [6.07, 6.45) is 4.53. The fraction of sp³-hybridized carbons (Fsp3) is 0.500. The van der Waals surface area contributed by atoms with Crippen molar-refractivity contribution in [3.63, 3.8) is 0 Å². The van der Waals surface area contributed by atoms with Crippen LogP contribution in [0.2, 0.25) is 0 Å². The number of carbonyl (C=O) groups is 1. The van der Waals surface area contributed by atoms with Gasteiger partial charge in [0.15, 0.2) is 5.82 Å². The van der Waals surface area contributed by atoms with Crippen molar-refractivity contribution in [2.45, 2.75) is 43.8 Å². The fourth-order valence-corrected chi connectivity index (χ4v) is 4.94. The molecule has 1 aliphatic carbocycles. The Labute approximate surface area is 160 Å². The summed E-state index contributed by atoms with van der Waals surface area (Å²) in [5.41, 5.74) is -1.35. The molecule has 2 unspecified atom stereocenters. The highest BCUT2D eigenvalue weighted by molar-refractivity contribution is 5.94. The third kappa shape index (κ3) is 2.47. The zero-order chi connectivity index (χ0) is 19.7. The molecule has 1 saturated carbocycles. The maximum absolute atomic E-state index is 15.7. The summed E-state index contributed by atoms with van der Waals surface area (Å²) in [6, 6.07) is 1.03. The number of rotatable bonds is 3. The number of hydrogen-bond acceptors (Lipinski definition) is 4. The minimum absolute atomic E-state index is 0.0206. The van der Waals surface area contributed by atoms with Gasteiger partial charge in [0.05, 0.1) is 10.9 Å². The lowest BCUT2D eigenvalue weighted by Crippen LogP contribution is -2.53. The Hall–Kier alpha value is -2.48. The first-order chi connectivity index (χ1) is 13.4. The van der Waals surface area contributed by atoms with Crippen LogP contribution in [0, 0.1) is 11.6 Å². The van der Waals surface area contributed by atoms with E-state index in [1.807, 2.05) is 11.9 Å². The molecule has 2 bridgehead atoms. The Kier molecular flexibility index (Phi) is 3.78. The summed E-state index contributed by atoms with van der Waals surface area (Å²) < 4.78 is 32.4. The zero-order valence-corrected chi connectivity index (χ0v) is 15.5. The van der Waals surface area contributed by atoms with E-state index >= 15 is 8.78 Å². The van der Waals surface area contributed by atoms with Gasteiger partial charge in [-0.1, -0.05) is 0 Å². The minimum atomic E-state index is -1.39. The van der Waals surface area contributed by atoms with Crippen LogP contribution in [-0.4, -0.2) is 52.8 Å². The molecule has 3 heterocycles. The van der Waals surface area contributed by atoms with Crippen molar-refractivity contribution in [2.24, 2.45) is 0 Å². The molecule has 2 aliphatic heterocycles. The molecule has 3 fully saturated rings. The normalized spacial score (nSPS) is 24.9. The van der Waals surface area contributed by atoms with E-state index in [1.165, 1.54) is 10.8 Å². The number of carboxylic acid groups (broad SMARTS) is 1. The summed E-state index contributed by atoms with van der Waals surface area (Å²) in [5, 5.41) is 9.14. The Morgan fingerprint density at radius 1 is 1.11 bits per heavy atom. The second-order valence-electron chi connectivity index (χ2n) is 8.25. The van der Waals surface area contributed by atoms with Crippen LogP contribution in [0.15, 0.2) is 17.1 Å². The number of nitrogens with zero attached hydrogens (tertiary/aromatic N) is 3. The SMILES string of the molecule is CN1CC2CCC(C1)N2c1c(F)cc2c(=O)c(C(=O)O)cn(C3CC3)c2c1F. The van der Waals surface area contributed by atoms with Gasteiger partial charge in [0.25, 0.3) is 0 Å². The maximum atomic E-state index is 15.7. The summed E-state index contributed by atoms with van der Waals surface area (Å²) in [5.74, 6) is -2.94. The van der Waals surface area contributed by atoms with Crippen molar-refractivity contribution < 1.29 is 18.7 Å². The topological polar surface area (TPSA) is 65.8 Å². The molecule has 5 rings (SSSR count). The van der Waals surface area contributed by atoms with Gasteiger partial charge >= 0.3 is 5.97 Å². The zero-order valence-electron chi connectivity index (χ0n) is 15.5. The molecule has 2 aromatic rings. The van der Waals surface area contributed by atoms with Crippen molar-refractivity contribution in [2.75, 3.05) is 25.0 Å². The molecule has 3 aliphatic rings. The van der Waals surface area contributed by atoms with Crippen LogP contribution in [0.25, 0.3) is 10.9 Å². The van der Waals surface area contributed by atoms with Crippen LogP contribution in [0.3, 0.4) is 0 Å². The first kappa shape index (κ1) is 17.6. The number of piperazine rings is 1. The van der Waals surface area contributed by atoms with Crippen LogP contribution >= 0.6 is 0 Å². The number of carboxylic acids is 1. The first-order valence-electron chi connectivity index (χ1n) is 9.64. The minimum Gasteiger partial charge on any atom is -0.477 e. The molecule has 28 heavy (non-hydrogen) atoms. The van der Waals surface area contributed by atoms with Gasteiger partial charge in [-0.3, -0.25) is 4.79 Å². The van der Waals surface area contributed by atoms with Gasteiger partial charge in [-0.15, -0.1) is 0 Å². The molecule has 1 aromatic heterocycles. The van der Waals surface area contributed by atoms with E-state index in [1.54, 1.807) is 0 Å². The Balaban J connectivity index is 1.77. The van der Waals surface area contributed by atoms with Crippen LogP contribution in [-0.2, 0) is 0 Å². The van der Waals surface area contributed by atoms with Crippen molar-refractivity contribution in [3.8, 4) is 0 Å². The van der Waals surface area contributed by atoms with Gasteiger partial charge in [0, 0.05) is 37.4 Å². The summed E-state index contributed by atoms with van der Waals surface area (Å²) in [4.78, 5) is 28.1. The van der Waals surface area contributed by atoms with Crippen LogP contribution in [0.5, 0.6) is 0 Å². The van der Waals surface area contributed by atoms with Gasteiger partial charge < -0.3 is 19.5 Å². The van der Waals surface area contributed by atoms with Crippen LogP contribution in [0.4, 0.5) is 14.5 Å². The van der Waals surface area contributed by atoms with Crippen molar-refractivity contribution in [1.29, 1.82) is 0 Å². The molecule has 148 valence electrons. The third-order valence-electron chi connectivity index (χ3n) is 6.28. The number of pyridine rings is 1. The third-order valence-corrected chi connectivity index (χ3v) is 6.28. The Morgan fingerprint density at radius 2 is 1.71 bits per heavy atom. The van der Waals surface area contributed by atoms with E-state index in [4.69, 9.17) is 0 Å². The van der Waals surface area contributed by atoms with E-state index in [2.05, 4.69) is 4.90 Å². The standard InChI is InChI=1S/C20H21F2N3O3/c1-23-7-11-4-5-12(8-23)25(11)18-15(21)6-13-17(16(18)22)24(10-2-3-10)9-14(19(13)26)20(27)28/h6,9-12H,2-5,7-8H2,1H3,(H,27,28). The largest absolute Gasteiger partial charge is 0.477 e. The fourth-order valence-electron chi connectivity index (χ4n) is 4.94. The second-order valence-corrected chi connectivity index (χ2v) is 8.25. The van der Waals surface area contributed by atoms with Gasteiger partial charge in [-0.2, -0.15) is 0 Å². The quantitative estimate of drug-likeness (QED) is 0.874. The van der Waals surface area contributed by atoms with E-state index < -0.39 is 28.6 Å². The van der Waals surface area contributed by atoms with E-state index in [9.17, 15) is 14.7 Å². The number of halogens is 2. The monoisotopic (exact) mass is 389 g/mol. The average Bonchev–Trinajstić information content (AvgIpc) is 3.43. The lowest BCUT2D eigenvalue weighted by molar-refractivity contribution is 0.0695. The van der Waals surface area contributed by atoms with Gasteiger partial charge in [-0.05, 0) is 38.8 Å². The highest BCUT2D eigenvalue weighted by atomic mass is 19.1. The molecule has 8 heteroatoms. The van der Waals surface area contributed by atoms with Crippen molar-refractivity contribution in [3.05, 3.63) is 39.7 Å². The van der Waals surface area contributed by atoms with E-state index in [-0.39, 0.29) is 34.7 Å². The van der Waals surface area contributed by atoms with E-state index in [0.29, 0.717) is 0 Å². The number of likely N-dealkylation sites (N-methyl/N-ethyl adjacent to an activating group) is 1. The first-order valence-corrected chi connectivity index (χ1v) is 9.64. The second kappa shape index (κ2) is 6.01. The molecular weight excluding hydrogens is 368 g/mol. The maximum Gasteiger partial charge on any atom is 0.341 e. The molecule has 0 radical (unpaired) electrons. The molecule has 0 amide bonds. The number of likely N-dealkylation sites (tertiary alicyclic amines) is 1. The molecule has 2 saturated heterocycles. The predicted octanol–water partition coefficient (Wildman–Crippen LogP) is 2.60. The van der Waals surface area contributed by atoms with Crippen LogP contribution < -0.4 is 10.3 Å². The number of benzene rings is 1. The van der Waals surface area contributed by atoms with Gasteiger partial charge in [0.2, 0.25) is 5.43 Å². The Morgan fingerprint density at radius 3 is 2.29 bits per heavy atom. The molecule has 0 spiro atoms. The summed E-state index contributed by atoms with van der Waals surface area (Å²) in [7, 11) is 2.01. The molecule has 1 N–H and O–H groups in total. The highest BCUT2D eigenvalue weighted by Gasteiger charge is 2.42. The van der Waals surface area contributed by atoms with Crippen molar-refractivity contribution >= 4 is 22.6 Å². The summed E-state index contributed by atoms with van der Waals surface area (Å²) in [6.45, 7) is 1.47. The van der Waals surface area contributed by atoms with Gasteiger partial charge in [-0.25, -0.2) is 13.6 Å². The average molecular weight is 389 g/mol. The van der Waals surface area contributed by atoms with Gasteiger partial charge in [0.1, 0.15) is 17.1 Å². The van der Waals surface area contributed by atoms with Crippen molar-refractivity contribution in [1.82, 2.24) is 9.47 Å². The molecule has 1 aromatic carbocycles. The van der Waals surface area contributed by atoms with Crippen LogP contribution in [0.1, 0.15) is 42.1 Å². The summed E-state index contributed by atoms with van der Waals surface area (Å²) >= 11 is 0. The smallest absolute Gasteiger partial charge is 0.341 e. The number of aromatic nitrogens is 1. The number of fused-ring (bicyclic) bond motifs is 3. The number of aromatic carboxylic acids is 1. The highest BCUT2D eigenvalue weighted by Crippen LogP contribution is 2.42. The number of anilines is 1. The Bertz CT molecular complexity index is 1050. The predicted molar refractivity (Wildman–Crippen MR) is 100 cm³/mol. The number of hydrogen-bond donors (Lipinski definition) is 1. The lowest BCUT2D eigenvalue weighted by Gasteiger charge is -2.41.